The van der Waals surface area contributed by atoms with Crippen LogP contribution in [0.4, 0.5) is 5.69 Å². The molecule has 0 aliphatic carbocycles. The van der Waals surface area contributed by atoms with E-state index in [1.54, 1.807) is 31.4 Å². The zero-order chi connectivity index (χ0) is 22.0. The number of hydrogen-bond donors (Lipinski definition) is 1. The average molecular weight is 473 g/mol. The molecule has 0 saturated heterocycles. The highest BCUT2D eigenvalue weighted by molar-refractivity contribution is 8.00. The van der Waals surface area contributed by atoms with Gasteiger partial charge in [-0.05, 0) is 50.2 Å². The van der Waals surface area contributed by atoms with Gasteiger partial charge in [-0.15, -0.1) is 10.2 Å². The van der Waals surface area contributed by atoms with Gasteiger partial charge in [-0.3, -0.25) is 9.36 Å². The molecule has 0 spiro atoms. The Morgan fingerprint density at radius 3 is 2.61 bits per heavy atom. The fraction of sp³-hybridized carbons (Fsp3) is 0.136. The molecule has 1 atom stereocenters. The molecule has 1 amide bonds. The van der Waals surface area contributed by atoms with Crippen molar-refractivity contribution in [2.24, 2.45) is 0 Å². The lowest BCUT2D eigenvalue weighted by atomic mass is 10.2. The molecule has 9 heteroatoms. The maximum atomic E-state index is 12.8. The molecule has 4 aromatic rings. The van der Waals surface area contributed by atoms with Gasteiger partial charge in [0.05, 0.1) is 27.8 Å². The van der Waals surface area contributed by atoms with Crippen molar-refractivity contribution in [2.45, 2.75) is 24.3 Å². The molecule has 31 heavy (non-hydrogen) atoms. The Hall–Kier alpha value is -2.74. The number of carbonyl (C=O) groups excluding carboxylic acids is 1. The van der Waals surface area contributed by atoms with Crippen molar-refractivity contribution in [3.63, 3.8) is 0 Å². The lowest BCUT2D eigenvalue weighted by molar-refractivity contribution is -0.115. The number of hydrogen-bond acceptors (Lipinski definition) is 5. The van der Waals surface area contributed by atoms with E-state index in [0.717, 1.165) is 17.0 Å². The number of carbonyl (C=O) groups is 1. The van der Waals surface area contributed by atoms with Crippen LogP contribution in [0.1, 0.15) is 12.7 Å². The van der Waals surface area contributed by atoms with Crippen LogP contribution in [-0.4, -0.2) is 25.9 Å². The number of anilines is 1. The Morgan fingerprint density at radius 1 is 1.13 bits per heavy atom. The Kier molecular flexibility index (Phi) is 6.36. The van der Waals surface area contributed by atoms with Crippen LogP contribution >= 0.6 is 35.0 Å². The first kappa shape index (κ1) is 21.5. The number of thioether (sulfide) groups is 1. The number of nitrogens with zero attached hydrogens (tertiary/aromatic N) is 3. The van der Waals surface area contributed by atoms with Gasteiger partial charge in [-0.25, -0.2) is 0 Å². The Labute approximate surface area is 193 Å². The number of rotatable bonds is 6. The first-order chi connectivity index (χ1) is 14.9. The van der Waals surface area contributed by atoms with E-state index in [1.807, 2.05) is 47.9 Å². The molecule has 0 aliphatic heterocycles. The predicted molar refractivity (Wildman–Crippen MR) is 124 cm³/mol. The first-order valence-corrected chi connectivity index (χ1v) is 11.1. The third kappa shape index (κ3) is 4.63. The first-order valence-electron chi connectivity index (χ1n) is 9.42. The smallest absolute Gasteiger partial charge is 0.237 e. The van der Waals surface area contributed by atoms with Gasteiger partial charge in [0, 0.05) is 10.7 Å². The van der Waals surface area contributed by atoms with E-state index in [-0.39, 0.29) is 5.91 Å². The zero-order valence-corrected chi connectivity index (χ0v) is 19.0. The monoisotopic (exact) mass is 472 g/mol. The summed E-state index contributed by atoms with van der Waals surface area (Å²) in [5, 5.41) is 12.6. The van der Waals surface area contributed by atoms with E-state index in [2.05, 4.69) is 15.5 Å². The summed E-state index contributed by atoms with van der Waals surface area (Å²) in [6.07, 6.45) is 1.62. The van der Waals surface area contributed by atoms with E-state index < -0.39 is 5.25 Å². The van der Waals surface area contributed by atoms with Crippen LogP contribution in [-0.2, 0) is 4.79 Å². The number of halogens is 2. The third-order valence-electron chi connectivity index (χ3n) is 4.59. The molecule has 0 bridgehead atoms. The summed E-state index contributed by atoms with van der Waals surface area (Å²) in [4.78, 5) is 12.8. The molecule has 2 heterocycles. The molecule has 0 radical (unpaired) electrons. The SMILES string of the molecule is Cc1occc1-c1nnc(SC(C)C(=O)Nc2cc(Cl)ccc2Cl)n1-c1ccccc1. The molecule has 0 saturated carbocycles. The van der Waals surface area contributed by atoms with Crippen molar-refractivity contribution in [1.82, 2.24) is 14.8 Å². The zero-order valence-electron chi connectivity index (χ0n) is 16.7. The second-order valence-electron chi connectivity index (χ2n) is 6.74. The Balaban J connectivity index is 1.64. The quantitative estimate of drug-likeness (QED) is 0.335. The summed E-state index contributed by atoms with van der Waals surface area (Å²) in [5.74, 6) is 1.16. The lowest BCUT2D eigenvalue weighted by Crippen LogP contribution is -2.23. The van der Waals surface area contributed by atoms with Crippen LogP contribution in [0.25, 0.3) is 17.1 Å². The Morgan fingerprint density at radius 2 is 1.90 bits per heavy atom. The molecule has 0 aliphatic rings. The van der Waals surface area contributed by atoms with Crippen molar-refractivity contribution >= 4 is 46.6 Å². The van der Waals surface area contributed by atoms with Crippen molar-refractivity contribution in [3.8, 4) is 17.1 Å². The van der Waals surface area contributed by atoms with Crippen LogP contribution in [0.3, 0.4) is 0 Å². The van der Waals surface area contributed by atoms with Gasteiger partial charge in [0.2, 0.25) is 5.91 Å². The largest absolute Gasteiger partial charge is 0.469 e. The van der Waals surface area contributed by atoms with Crippen LogP contribution in [0, 0.1) is 6.92 Å². The van der Waals surface area contributed by atoms with Gasteiger partial charge in [-0.1, -0.05) is 53.2 Å². The molecular weight excluding hydrogens is 455 g/mol. The van der Waals surface area contributed by atoms with Crippen molar-refractivity contribution in [1.29, 1.82) is 0 Å². The molecule has 4 rings (SSSR count). The van der Waals surface area contributed by atoms with Gasteiger partial charge < -0.3 is 9.73 Å². The summed E-state index contributed by atoms with van der Waals surface area (Å²) in [6.45, 7) is 3.67. The van der Waals surface area contributed by atoms with Gasteiger partial charge in [-0.2, -0.15) is 0 Å². The molecule has 6 nitrogen and oxygen atoms in total. The number of aromatic nitrogens is 3. The highest BCUT2D eigenvalue weighted by Gasteiger charge is 2.23. The summed E-state index contributed by atoms with van der Waals surface area (Å²) < 4.78 is 7.37. The highest BCUT2D eigenvalue weighted by Crippen LogP contribution is 2.33. The topological polar surface area (TPSA) is 72.9 Å². The van der Waals surface area contributed by atoms with Crippen LogP contribution in [0.5, 0.6) is 0 Å². The predicted octanol–water partition coefficient (Wildman–Crippen LogP) is 6.26. The molecule has 1 N–H and O–H groups in total. The lowest BCUT2D eigenvalue weighted by Gasteiger charge is -2.14. The summed E-state index contributed by atoms with van der Waals surface area (Å²) in [7, 11) is 0. The summed E-state index contributed by atoms with van der Waals surface area (Å²) >= 11 is 13.5. The number of furan rings is 1. The standard InChI is InChI=1S/C22H18Cl2N4O2S/c1-13-17(10-11-30-13)20-26-27-22(28(20)16-6-4-3-5-7-16)31-14(2)21(29)25-19-12-15(23)8-9-18(19)24/h3-12,14H,1-2H3,(H,25,29). The number of amides is 1. The van der Waals surface area contributed by atoms with Crippen LogP contribution < -0.4 is 5.32 Å². The average Bonchev–Trinajstić information content (AvgIpc) is 3.37. The molecule has 2 aromatic heterocycles. The van der Waals surface area contributed by atoms with E-state index in [9.17, 15) is 4.79 Å². The normalized spacial score (nSPS) is 12.0. The van der Waals surface area contributed by atoms with E-state index in [4.69, 9.17) is 27.6 Å². The van der Waals surface area contributed by atoms with E-state index >= 15 is 0 Å². The minimum Gasteiger partial charge on any atom is -0.469 e. The minimum absolute atomic E-state index is 0.224. The number of aryl methyl sites for hydroxylation is 1. The number of nitrogens with one attached hydrogen (secondary N) is 1. The molecule has 1 unspecified atom stereocenters. The van der Waals surface area contributed by atoms with Gasteiger partial charge in [0.25, 0.3) is 0 Å². The van der Waals surface area contributed by atoms with E-state index in [0.29, 0.717) is 26.7 Å². The fourth-order valence-electron chi connectivity index (χ4n) is 2.99. The fourth-order valence-corrected chi connectivity index (χ4v) is 4.19. The highest BCUT2D eigenvalue weighted by atomic mass is 35.5. The maximum absolute atomic E-state index is 12.8. The van der Waals surface area contributed by atoms with Crippen molar-refractivity contribution in [3.05, 3.63) is 76.7 Å². The molecule has 0 fully saturated rings. The Bertz CT molecular complexity index is 1220. The number of benzene rings is 2. The van der Waals surface area contributed by atoms with Gasteiger partial charge in [0.15, 0.2) is 11.0 Å². The van der Waals surface area contributed by atoms with E-state index in [1.165, 1.54) is 11.8 Å². The second-order valence-corrected chi connectivity index (χ2v) is 8.89. The van der Waals surface area contributed by atoms with Crippen molar-refractivity contribution in [2.75, 3.05) is 5.32 Å². The van der Waals surface area contributed by atoms with Crippen molar-refractivity contribution < 1.29 is 9.21 Å². The maximum Gasteiger partial charge on any atom is 0.237 e. The molecule has 2 aromatic carbocycles. The van der Waals surface area contributed by atoms with Crippen LogP contribution in [0.15, 0.2) is 70.4 Å². The van der Waals surface area contributed by atoms with Gasteiger partial charge in [0.1, 0.15) is 5.76 Å². The van der Waals surface area contributed by atoms with Crippen LogP contribution in [0.2, 0.25) is 10.0 Å². The number of para-hydroxylation sites is 1. The van der Waals surface area contributed by atoms with Gasteiger partial charge >= 0.3 is 0 Å². The second kappa shape index (κ2) is 9.18. The third-order valence-corrected chi connectivity index (χ3v) is 6.19. The summed E-state index contributed by atoms with van der Waals surface area (Å²) in [6, 6.07) is 16.5. The molecular formula is C22H18Cl2N4O2S. The summed E-state index contributed by atoms with van der Waals surface area (Å²) in [5.41, 5.74) is 2.19. The minimum atomic E-state index is -0.472. The molecule has 158 valence electrons.